The molecule has 0 saturated carbocycles. The quantitative estimate of drug-likeness (QED) is 0.300. The molecule has 4 aromatic carbocycles. The number of nitrogens with zero attached hydrogens (tertiary/aromatic N) is 3. The molecule has 0 spiro atoms. The van der Waals surface area contributed by atoms with Gasteiger partial charge in [-0.15, -0.1) is 0 Å². The third-order valence-electron chi connectivity index (χ3n) is 5.77. The van der Waals surface area contributed by atoms with Crippen molar-refractivity contribution < 1.29 is 9.53 Å². The molecule has 0 saturated heterocycles. The fourth-order valence-corrected chi connectivity index (χ4v) is 4.06. The molecule has 0 bridgehead atoms. The smallest absolute Gasteiger partial charge is 0.292 e. The first kappa shape index (κ1) is 22.0. The topological polar surface area (TPSA) is 85.6 Å². The summed E-state index contributed by atoms with van der Waals surface area (Å²) in [7, 11) is 1.59. The Bertz CT molecular complexity index is 1620. The van der Waals surface area contributed by atoms with Crippen molar-refractivity contribution in [3.63, 3.8) is 0 Å². The maximum atomic E-state index is 13.1. The van der Waals surface area contributed by atoms with Crippen LogP contribution in [0.5, 0.6) is 5.75 Å². The summed E-state index contributed by atoms with van der Waals surface area (Å²) in [6.45, 7) is 0.251. The Balaban J connectivity index is 1.50. The Morgan fingerprint density at radius 1 is 0.914 bits per heavy atom. The minimum Gasteiger partial charge on any atom is -0.496 e. The first-order valence-corrected chi connectivity index (χ1v) is 11.1. The van der Waals surface area contributed by atoms with Crippen LogP contribution >= 0.6 is 0 Å². The van der Waals surface area contributed by atoms with E-state index in [1.54, 1.807) is 37.6 Å². The van der Waals surface area contributed by atoms with Gasteiger partial charge in [-0.2, -0.15) is 10.2 Å². The average molecular weight is 463 g/mol. The first-order valence-electron chi connectivity index (χ1n) is 11.1. The summed E-state index contributed by atoms with van der Waals surface area (Å²) >= 11 is 0. The van der Waals surface area contributed by atoms with Crippen molar-refractivity contribution in [1.82, 2.24) is 15.2 Å². The Hall–Kier alpha value is -4.78. The molecule has 0 aliphatic carbocycles. The standard InChI is InChI=1S/C28H22N4O3/c1-35-25-16-15-20-11-5-6-12-21(20)24(25)17-29-30-27(33)26-22-13-7-8-14-23(22)28(34)32(31-26)18-19-9-3-2-4-10-19/h2-17H,18H2,1H3,(H,30,33)/b29-17+. The largest absolute Gasteiger partial charge is 0.496 e. The molecule has 1 N–H and O–H groups in total. The third kappa shape index (κ3) is 4.39. The molecule has 1 aromatic heterocycles. The zero-order valence-corrected chi connectivity index (χ0v) is 19.0. The van der Waals surface area contributed by atoms with Gasteiger partial charge in [-0.25, -0.2) is 10.1 Å². The highest BCUT2D eigenvalue weighted by molar-refractivity contribution is 6.06. The molecule has 1 amide bonds. The van der Waals surface area contributed by atoms with Gasteiger partial charge in [-0.3, -0.25) is 9.59 Å². The molecule has 0 atom stereocenters. The van der Waals surface area contributed by atoms with Crippen LogP contribution in [0, 0.1) is 0 Å². The number of ether oxygens (including phenoxy) is 1. The lowest BCUT2D eigenvalue weighted by atomic mass is 10.0. The highest BCUT2D eigenvalue weighted by Crippen LogP contribution is 2.26. The predicted molar refractivity (Wildman–Crippen MR) is 137 cm³/mol. The summed E-state index contributed by atoms with van der Waals surface area (Å²) < 4.78 is 6.79. The number of benzene rings is 4. The summed E-state index contributed by atoms with van der Waals surface area (Å²) in [5.74, 6) is 0.125. The van der Waals surface area contributed by atoms with Crippen LogP contribution in [0.3, 0.4) is 0 Å². The number of hydrazone groups is 1. The molecule has 0 aliphatic heterocycles. The van der Waals surface area contributed by atoms with E-state index in [0.29, 0.717) is 16.5 Å². The molecule has 7 heteroatoms. The van der Waals surface area contributed by atoms with E-state index in [4.69, 9.17) is 4.74 Å². The number of fused-ring (bicyclic) bond motifs is 2. The van der Waals surface area contributed by atoms with Gasteiger partial charge in [0.05, 0.1) is 25.3 Å². The van der Waals surface area contributed by atoms with Crippen LogP contribution < -0.4 is 15.7 Å². The van der Waals surface area contributed by atoms with Gasteiger partial charge in [0.1, 0.15) is 5.75 Å². The van der Waals surface area contributed by atoms with Crippen molar-refractivity contribution in [2.45, 2.75) is 6.54 Å². The lowest BCUT2D eigenvalue weighted by molar-refractivity contribution is 0.0949. The Labute approximate surface area is 201 Å². The number of carbonyl (C=O) groups is 1. The minimum atomic E-state index is -0.515. The van der Waals surface area contributed by atoms with E-state index in [9.17, 15) is 9.59 Å². The normalized spacial score (nSPS) is 11.2. The summed E-state index contributed by atoms with van der Waals surface area (Å²) in [6.07, 6.45) is 1.56. The molecular formula is C28H22N4O3. The van der Waals surface area contributed by atoms with E-state index in [0.717, 1.165) is 21.9 Å². The summed E-state index contributed by atoms with van der Waals surface area (Å²) in [4.78, 5) is 26.2. The van der Waals surface area contributed by atoms with Crippen LogP contribution in [-0.4, -0.2) is 29.0 Å². The van der Waals surface area contributed by atoms with Crippen LogP contribution in [-0.2, 0) is 6.54 Å². The second-order valence-corrected chi connectivity index (χ2v) is 7.94. The maximum absolute atomic E-state index is 13.1. The summed E-state index contributed by atoms with van der Waals surface area (Å²) in [5, 5.41) is 11.5. The summed E-state index contributed by atoms with van der Waals surface area (Å²) in [5.41, 5.74) is 4.08. The number of amides is 1. The molecule has 0 radical (unpaired) electrons. The molecular weight excluding hydrogens is 440 g/mol. The van der Waals surface area contributed by atoms with Crippen molar-refractivity contribution in [3.8, 4) is 5.75 Å². The molecule has 5 aromatic rings. The van der Waals surface area contributed by atoms with Crippen molar-refractivity contribution in [3.05, 3.63) is 118 Å². The second-order valence-electron chi connectivity index (χ2n) is 7.94. The molecule has 0 fully saturated rings. The van der Waals surface area contributed by atoms with Gasteiger partial charge < -0.3 is 4.74 Å². The number of hydrogen-bond acceptors (Lipinski definition) is 5. The van der Waals surface area contributed by atoms with Gasteiger partial charge in [0, 0.05) is 10.9 Å². The number of aromatic nitrogens is 2. The van der Waals surface area contributed by atoms with Gasteiger partial charge >= 0.3 is 0 Å². The van der Waals surface area contributed by atoms with Crippen molar-refractivity contribution in [1.29, 1.82) is 0 Å². The lowest BCUT2D eigenvalue weighted by Crippen LogP contribution is -2.29. The number of nitrogens with one attached hydrogen (secondary N) is 1. The van der Waals surface area contributed by atoms with E-state index in [1.807, 2.05) is 66.7 Å². The molecule has 172 valence electrons. The lowest BCUT2D eigenvalue weighted by Gasteiger charge is -2.11. The average Bonchev–Trinajstić information content (AvgIpc) is 2.91. The highest BCUT2D eigenvalue weighted by atomic mass is 16.5. The van der Waals surface area contributed by atoms with E-state index >= 15 is 0 Å². The van der Waals surface area contributed by atoms with Crippen molar-refractivity contribution >= 4 is 33.7 Å². The monoisotopic (exact) mass is 462 g/mol. The van der Waals surface area contributed by atoms with E-state index < -0.39 is 5.91 Å². The SMILES string of the molecule is COc1ccc2ccccc2c1/C=N/NC(=O)c1nn(Cc2ccccc2)c(=O)c2ccccc12. The van der Waals surface area contributed by atoms with Crippen LogP contribution in [0.25, 0.3) is 21.5 Å². The minimum absolute atomic E-state index is 0.123. The van der Waals surface area contributed by atoms with Crippen LogP contribution in [0.1, 0.15) is 21.6 Å². The zero-order chi connectivity index (χ0) is 24.2. The van der Waals surface area contributed by atoms with Crippen molar-refractivity contribution in [2.24, 2.45) is 5.10 Å². The second kappa shape index (κ2) is 9.61. The zero-order valence-electron chi connectivity index (χ0n) is 19.0. The maximum Gasteiger partial charge on any atom is 0.292 e. The highest BCUT2D eigenvalue weighted by Gasteiger charge is 2.17. The Morgan fingerprint density at radius 2 is 1.60 bits per heavy atom. The van der Waals surface area contributed by atoms with E-state index in [2.05, 4.69) is 15.6 Å². The fraction of sp³-hybridized carbons (Fsp3) is 0.0714. The van der Waals surface area contributed by atoms with Gasteiger partial charge in [0.2, 0.25) is 0 Å². The summed E-state index contributed by atoms with van der Waals surface area (Å²) in [6, 6.07) is 28.1. The number of carbonyl (C=O) groups excluding carboxylic acids is 1. The molecule has 7 nitrogen and oxygen atoms in total. The Morgan fingerprint density at radius 3 is 2.37 bits per heavy atom. The first-order chi connectivity index (χ1) is 17.2. The van der Waals surface area contributed by atoms with Crippen LogP contribution in [0.2, 0.25) is 0 Å². The van der Waals surface area contributed by atoms with Crippen LogP contribution in [0.15, 0.2) is 101 Å². The van der Waals surface area contributed by atoms with Gasteiger partial charge in [-0.1, -0.05) is 78.9 Å². The van der Waals surface area contributed by atoms with Gasteiger partial charge in [0.25, 0.3) is 11.5 Å². The number of rotatable bonds is 6. The molecule has 35 heavy (non-hydrogen) atoms. The fourth-order valence-electron chi connectivity index (χ4n) is 4.06. The predicted octanol–water partition coefficient (Wildman–Crippen LogP) is 4.37. The number of hydrogen-bond donors (Lipinski definition) is 1. The molecule has 5 rings (SSSR count). The third-order valence-corrected chi connectivity index (χ3v) is 5.77. The van der Waals surface area contributed by atoms with E-state index in [1.165, 1.54) is 4.68 Å². The number of methoxy groups -OCH3 is 1. The Kier molecular flexibility index (Phi) is 6.05. The van der Waals surface area contributed by atoms with Gasteiger partial charge in [-0.05, 0) is 28.5 Å². The van der Waals surface area contributed by atoms with Crippen LogP contribution in [0.4, 0.5) is 0 Å². The van der Waals surface area contributed by atoms with Gasteiger partial charge in [0.15, 0.2) is 5.69 Å². The molecule has 0 aliphatic rings. The molecule has 1 heterocycles. The van der Waals surface area contributed by atoms with Crippen molar-refractivity contribution in [2.75, 3.05) is 7.11 Å². The van der Waals surface area contributed by atoms with E-state index in [-0.39, 0.29) is 17.8 Å². The molecule has 0 unspecified atom stereocenters.